The average Bonchev–Trinajstić information content (AvgIpc) is 2.84. The summed E-state index contributed by atoms with van der Waals surface area (Å²) in [5.41, 5.74) is 7.58. The van der Waals surface area contributed by atoms with E-state index in [9.17, 15) is 0 Å². The van der Waals surface area contributed by atoms with Crippen LogP contribution < -0.4 is 5.73 Å². The standard InChI is InChI=1S/C11H12N4O/c1-7-6-13-5-2-8(7)9-14-10(16-15-9)11(12)3-4-11/h2,5-6H,3-4,12H2,1H3. The lowest BCUT2D eigenvalue weighted by Crippen LogP contribution is -2.18. The van der Waals surface area contributed by atoms with Crippen LogP contribution in [-0.4, -0.2) is 15.1 Å². The van der Waals surface area contributed by atoms with Crippen molar-refractivity contribution in [2.75, 3.05) is 0 Å². The smallest absolute Gasteiger partial charge is 0.247 e. The largest absolute Gasteiger partial charge is 0.337 e. The zero-order valence-corrected chi connectivity index (χ0v) is 8.97. The molecule has 2 aromatic heterocycles. The Morgan fingerprint density at radius 1 is 1.44 bits per heavy atom. The Morgan fingerprint density at radius 3 is 2.94 bits per heavy atom. The molecule has 1 fully saturated rings. The lowest BCUT2D eigenvalue weighted by atomic mass is 10.1. The number of aromatic nitrogens is 3. The Balaban J connectivity index is 2.02. The van der Waals surface area contributed by atoms with Gasteiger partial charge in [0.15, 0.2) is 0 Å². The number of pyridine rings is 1. The molecule has 82 valence electrons. The van der Waals surface area contributed by atoms with Crippen molar-refractivity contribution in [2.45, 2.75) is 25.3 Å². The van der Waals surface area contributed by atoms with Gasteiger partial charge in [0.1, 0.15) is 0 Å². The summed E-state index contributed by atoms with van der Waals surface area (Å²) >= 11 is 0. The molecule has 1 saturated carbocycles. The summed E-state index contributed by atoms with van der Waals surface area (Å²) in [7, 11) is 0. The van der Waals surface area contributed by atoms with Crippen LogP contribution in [0.2, 0.25) is 0 Å². The third-order valence-corrected chi connectivity index (χ3v) is 2.90. The molecule has 2 heterocycles. The highest BCUT2D eigenvalue weighted by Crippen LogP contribution is 2.42. The Labute approximate surface area is 92.7 Å². The van der Waals surface area contributed by atoms with Crippen molar-refractivity contribution in [3.05, 3.63) is 29.9 Å². The number of aryl methyl sites for hydroxylation is 1. The molecule has 1 aliphatic rings. The van der Waals surface area contributed by atoms with Crippen LogP contribution in [0.3, 0.4) is 0 Å². The van der Waals surface area contributed by atoms with Crippen molar-refractivity contribution < 1.29 is 4.52 Å². The van der Waals surface area contributed by atoms with Gasteiger partial charge in [-0.2, -0.15) is 4.98 Å². The number of nitrogens with zero attached hydrogens (tertiary/aromatic N) is 3. The summed E-state index contributed by atoms with van der Waals surface area (Å²) in [6.07, 6.45) is 5.34. The molecule has 3 rings (SSSR count). The molecule has 0 aromatic carbocycles. The maximum Gasteiger partial charge on any atom is 0.247 e. The SMILES string of the molecule is Cc1cnccc1-c1noc(C2(N)CC2)n1. The lowest BCUT2D eigenvalue weighted by Gasteiger charge is -1.99. The normalized spacial score (nSPS) is 17.4. The van der Waals surface area contributed by atoms with Gasteiger partial charge < -0.3 is 10.3 Å². The number of hydrogen-bond donors (Lipinski definition) is 1. The van der Waals surface area contributed by atoms with Crippen molar-refractivity contribution in [3.63, 3.8) is 0 Å². The topological polar surface area (TPSA) is 77.8 Å². The van der Waals surface area contributed by atoms with Crippen LogP contribution in [0.5, 0.6) is 0 Å². The van der Waals surface area contributed by atoms with Gasteiger partial charge in [-0.1, -0.05) is 5.16 Å². The van der Waals surface area contributed by atoms with Gasteiger partial charge in [0.05, 0.1) is 5.54 Å². The molecule has 0 aliphatic heterocycles. The minimum absolute atomic E-state index is 0.369. The fourth-order valence-electron chi connectivity index (χ4n) is 1.61. The highest BCUT2D eigenvalue weighted by atomic mass is 16.5. The second-order valence-electron chi connectivity index (χ2n) is 4.27. The van der Waals surface area contributed by atoms with Crippen LogP contribution >= 0.6 is 0 Å². The van der Waals surface area contributed by atoms with Gasteiger partial charge in [0.25, 0.3) is 0 Å². The molecule has 0 radical (unpaired) electrons. The van der Waals surface area contributed by atoms with Crippen LogP contribution in [0.4, 0.5) is 0 Å². The van der Waals surface area contributed by atoms with Gasteiger partial charge in [-0.05, 0) is 31.4 Å². The summed E-state index contributed by atoms with van der Waals surface area (Å²) in [4.78, 5) is 8.37. The molecule has 0 atom stereocenters. The lowest BCUT2D eigenvalue weighted by molar-refractivity contribution is 0.348. The van der Waals surface area contributed by atoms with E-state index in [1.807, 2.05) is 13.0 Å². The third-order valence-electron chi connectivity index (χ3n) is 2.90. The van der Waals surface area contributed by atoms with Crippen molar-refractivity contribution in [1.82, 2.24) is 15.1 Å². The Morgan fingerprint density at radius 2 is 2.25 bits per heavy atom. The third kappa shape index (κ3) is 1.40. The summed E-state index contributed by atoms with van der Waals surface area (Å²) in [6.45, 7) is 1.97. The molecule has 0 saturated heterocycles. The first kappa shape index (κ1) is 9.47. The summed E-state index contributed by atoms with van der Waals surface area (Å²) in [6, 6.07) is 1.88. The van der Waals surface area contributed by atoms with Crippen LogP contribution in [0, 0.1) is 6.92 Å². The van der Waals surface area contributed by atoms with E-state index in [1.165, 1.54) is 0 Å². The molecule has 16 heavy (non-hydrogen) atoms. The second-order valence-corrected chi connectivity index (χ2v) is 4.27. The van der Waals surface area contributed by atoms with E-state index in [0.717, 1.165) is 24.0 Å². The molecule has 0 amide bonds. The summed E-state index contributed by atoms with van der Waals surface area (Å²) in [5, 5.41) is 3.96. The molecule has 0 bridgehead atoms. The highest BCUT2D eigenvalue weighted by molar-refractivity contribution is 5.58. The maximum atomic E-state index is 5.99. The second kappa shape index (κ2) is 3.12. The van der Waals surface area contributed by atoms with Crippen molar-refractivity contribution in [1.29, 1.82) is 0 Å². The Hall–Kier alpha value is -1.75. The van der Waals surface area contributed by atoms with E-state index < -0.39 is 0 Å². The number of rotatable bonds is 2. The van der Waals surface area contributed by atoms with Gasteiger partial charge >= 0.3 is 0 Å². The molecule has 5 heteroatoms. The zero-order chi connectivity index (χ0) is 11.2. The van der Waals surface area contributed by atoms with E-state index >= 15 is 0 Å². The van der Waals surface area contributed by atoms with E-state index in [1.54, 1.807) is 12.4 Å². The minimum atomic E-state index is -0.369. The summed E-state index contributed by atoms with van der Waals surface area (Å²) < 4.78 is 5.19. The van der Waals surface area contributed by atoms with Crippen molar-refractivity contribution in [3.8, 4) is 11.4 Å². The molecule has 5 nitrogen and oxygen atoms in total. The fourth-order valence-corrected chi connectivity index (χ4v) is 1.61. The zero-order valence-electron chi connectivity index (χ0n) is 8.97. The van der Waals surface area contributed by atoms with Crippen LogP contribution in [0.15, 0.2) is 23.0 Å². The van der Waals surface area contributed by atoms with Crippen molar-refractivity contribution in [2.24, 2.45) is 5.73 Å². The van der Waals surface area contributed by atoms with E-state index in [0.29, 0.717) is 11.7 Å². The number of nitrogens with two attached hydrogens (primary N) is 1. The van der Waals surface area contributed by atoms with Gasteiger partial charge in [0.2, 0.25) is 11.7 Å². The van der Waals surface area contributed by atoms with E-state index in [4.69, 9.17) is 10.3 Å². The monoisotopic (exact) mass is 216 g/mol. The first-order valence-corrected chi connectivity index (χ1v) is 5.23. The Kier molecular flexibility index (Phi) is 1.85. The highest BCUT2D eigenvalue weighted by Gasteiger charge is 2.45. The van der Waals surface area contributed by atoms with Gasteiger partial charge in [-0.25, -0.2) is 0 Å². The first-order valence-electron chi connectivity index (χ1n) is 5.23. The average molecular weight is 216 g/mol. The minimum Gasteiger partial charge on any atom is -0.337 e. The Bertz CT molecular complexity index is 530. The summed E-state index contributed by atoms with van der Waals surface area (Å²) in [5.74, 6) is 1.13. The fraction of sp³-hybridized carbons (Fsp3) is 0.364. The van der Waals surface area contributed by atoms with E-state index in [2.05, 4.69) is 15.1 Å². The molecule has 0 unspecified atom stereocenters. The first-order chi connectivity index (χ1) is 7.69. The predicted molar refractivity (Wildman–Crippen MR) is 57.4 cm³/mol. The molecule has 2 aromatic rings. The maximum absolute atomic E-state index is 5.99. The van der Waals surface area contributed by atoms with Gasteiger partial charge in [-0.3, -0.25) is 4.98 Å². The molecular weight excluding hydrogens is 204 g/mol. The predicted octanol–water partition coefficient (Wildman–Crippen LogP) is 1.39. The van der Waals surface area contributed by atoms with Gasteiger partial charge in [0, 0.05) is 18.0 Å². The van der Waals surface area contributed by atoms with Crippen LogP contribution in [0.25, 0.3) is 11.4 Å². The van der Waals surface area contributed by atoms with Crippen molar-refractivity contribution >= 4 is 0 Å². The van der Waals surface area contributed by atoms with Crippen LogP contribution in [0.1, 0.15) is 24.3 Å². The van der Waals surface area contributed by atoms with Crippen LogP contribution in [-0.2, 0) is 5.54 Å². The molecular formula is C11H12N4O. The van der Waals surface area contributed by atoms with E-state index in [-0.39, 0.29) is 5.54 Å². The molecule has 1 aliphatic carbocycles. The quantitative estimate of drug-likeness (QED) is 0.820. The number of hydrogen-bond acceptors (Lipinski definition) is 5. The molecule has 2 N–H and O–H groups in total. The van der Waals surface area contributed by atoms with Gasteiger partial charge in [-0.15, -0.1) is 0 Å². The molecule has 0 spiro atoms.